The lowest BCUT2D eigenvalue weighted by Gasteiger charge is -2.32. The van der Waals surface area contributed by atoms with Crippen LogP contribution in [-0.4, -0.2) is 50.7 Å². The first-order valence-electron chi connectivity index (χ1n) is 7.50. The van der Waals surface area contributed by atoms with Gasteiger partial charge in [-0.3, -0.25) is 4.79 Å². The van der Waals surface area contributed by atoms with Crippen molar-refractivity contribution in [2.45, 2.75) is 26.4 Å². The maximum absolute atomic E-state index is 12.4. The van der Waals surface area contributed by atoms with Gasteiger partial charge in [0.25, 0.3) is 5.91 Å². The van der Waals surface area contributed by atoms with Gasteiger partial charge in [-0.2, -0.15) is 0 Å². The van der Waals surface area contributed by atoms with E-state index >= 15 is 0 Å². The largest absolute Gasteiger partial charge is 0.336 e. The molecule has 0 spiro atoms. The quantitative estimate of drug-likeness (QED) is 0.829. The summed E-state index contributed by atoms with van der Waals surface area (Å²) < 4.78 is 25.3. The van der Waals surface area contributed by atoms with Crippen LogP contribution in [0.3, 0.4) is 0 Å². The number of rotatable bonds is 5. The van der Waals surface area contributed by atoms with Gasteiger partial charge in [0, 0.05) is 37.8 Å². The fourth-order valence-electron chi connectivity index (χ4n) is 2.36. The Morgan fingerprint density at radius 1 is 1.36 bits per heavy atom. The van der Waals surface area contributed by atoms with Crippen LogP contribution in [0.15, 0.2) is 24.3 Å². The third-order valence-corrected chi connectivity index (χ3v) is 5.08. The van der Waals surface area contributed by atoms with Crippen LogP contribution in [0.5, 0.6) is 0 Å². The van der Waals surface area contributed by atoms with Crippen LogP contribution < -0.4 is 10.0 Å². The number of nitrogens with one attached hydrogen (secondary N) is 2. The van der Waals surface area contributed by atoms with Gasteiger partial charge < -0.3 is 10.2 Å². The van der Waals surface area contributed by atoms with Gasteiger partial charge in [-0.1, -0.05) is 12.1 Å². The Kier molecular flexibility index (Phi) is 5.55. The Balaban J connectivity index is 1.98. The van der Waals surface area contributed by atoms with Gasteiger partial charge in [-0.05, 0) is 31.5 Å². The van der Waals surface area contributed by atoms with Crippen LogP contribution in [0.4, 0.5) is 0 Å². The molecule has 2 rings (SSSR count). The summed E-state index contributed by atoms with van der Waals surface area (Å²) >= 11 is 0. The summed E-state index contributed by atoms with van der Waals surface area (Å²) in [4.78, 5) is 14.2. The van der Waals surface area contributed by atoms with E-state index in [1.807, 2.05) is 4.90 Å². The predicted octanol–water partition coefficient (Wildman–Crippen LogP) is 0.560. The second kappa shape index (κ2) is 7.21. The molecule has 122 valence electrons. The zero-order chi connectivity index (χ0) is 16.2. The van der Waals surface area contributed by atoms with Gasteiger partial charge in [0.2, 0.25) is 10.0 Å². The molecule has 0 radical (unpaired) electrons. The fraction of sp³-hybridized carbons (Fsp3) is 0.533. The maximum atomic E-state index is 12.4. The summed E-state index contributed by atoms with van der Waals surface area (Å²) in [5.74, 6) is 0.0825. The molecule has 22 heavy (non-hydrogen) atoms. The van der Waals surface area contributed by atoms with Crippen LogP contribution >= 0.6 is 0 Å². The SMILES string of the molecule is CCS(=O)(=O)NCc1ccc(C(=O)N2CCNC(C)C2)cc1. The lowest BCUT2D eigenvalue weighted by atomic mass is 10.1. The van der Waals surface area contributed by atoms with Crippen LogP contribution in [0.2, 0.25) is 0 Å². The Morgan fingerprint density at radius 2 is 2.05 bits per heavy atom. The third-order valence-electron chi connectivity index (χ3n) is 3.73. The lowest BCUT2D eigenvalue weighted by Crippen LogP contribution is -2.51. The van der Waals surface area contributed by atoms with E-state index in [9.17, 15) is 13.2 Å². The highest BCUT2D eigenvalue weighted by molar-refractivity contribution is 7.89. The van der Waals surface area contributed by atoms with Crippen molar-refractivity contribution in [3.05, 3.63) is 35.4 Å². The van der Waals surface area contributed by atoms with Gasteiger partial charge >= 0.3 is 0 Å². The molecule has 0 saturated carbocycles. The molecule has 2 N–H and O–H groups in total. The molecule has 1 amide bonds. The summed E-state index contributed by atoms with van der Waals surface area (Å²) in [5.41, 5.74) is 1.47. The Morgan fingerprint density at radius 3 is 2.64 bits per heavy atom. The van der Waals surface area contributed by atoms with E-state index in [4.69, 9.17) is 0 Å². The molecule has 1 aromatic carbocycles. The second-order valence-corrected chi connectivity index (χ2v) is 7.62. The summed E-state index contributed by atoms with van der Waals surface area (Å²) in [5, 5.41) is 3.30. The molecule has 1 aliphatic rings. The van der Waals surface area contributed by atoms with Gasteiger partial charge in [0.05, 0.1) is 5.75 Å². The highest BCUT2D eigenvalue weighted by Gasteiger charge is 2.21. The number of hydrogen-bond donors (Lipinski definition) is 2. The maximum Gasteiger partial charge on any atom is 0.253 e. The van der Waals surface area contributed by atoms with E-state index in [0.29, 0.717) is 24.7 Å². The number of benzene rings is 1. The van der Waals surface area contributed by atoms with E-state index < -0.39 is 10.0 Å². The first-order valence-corrected chi connectivity index (χ1v) is 9.15. The molecule has 1 fully saturated rings. The number of nitrogens with zero attached hydrogens (tertiary/aromatic N) is 1. The normalized spacial score (nSPS) is 19.2. The summed E-state index contributed by atoms with van der Waals surface area (Å²) in [7, 11) is -3.20. The summed E-state index contributed by atoms with van der Waals surface area (Å²) in [6.07, 6.45) is 0. The summed E-state index contributed by atoms with van der Waals surface area (Å²) in [6, 6.07) is 7.39. The molecule has 1 heterocycles. The zero-order valence-corrected chi connectivity index (χ0v) is 13.8. The van der Waals surface area contributed by atoms with Crippen molar-refractivity contribution in [1.82, 2.24) is 14.9 Å². The van der Waals surface area contributed by atoms with E-state index in [2.05, 4.69) is 17.0 Å². The Bertz CT molecular complexity index is 613. The van der Waals surface area contributed by atoms with Gasteiger partial charge in [-0.15, -0.1) is 0 Å². The molecule has 7 heteroatoms. The molecule has 1 aromatic rings. The van der Waals surface area contributed by atoms with Gasteiger partial charge in [0.15, 0.2) is 0 Å². The van der Waals surface area contributed by atoms with Crippen LogP contribution in [0, 0.1) is 0 Å². The molecule has 0 bridgehead atoms. The van der Waals surface area contributed by atoms with Crippen LogP contribution in [0.1, 0.15) is 29.8 Å². The molecule has 0 aliphatic carbocycles. The average Bonchev–Trinajstić information content (AvgIpc) is 2.53. The van der Waals surface area contributed by atoms with Crippen molar-refractivity contribution in [3.63, 3.8) is 0 Å². The Labute approximate surface area is 131 Å². The lowest BCUT2D eigenvalue weighted by molar-refractivity contribution is 0.0709. The molecule has 1 unspecified atom stereocenters. The van der Waals surface area contributed by atoms with Gasteiger partial charge in [0.1, 0.15) is 0 Å². The van der Waals surface area contributed by atoms with E-state index in [-0.39, 0.29) is 18.2 Å². The van der Waals surface area contributed by atoms with Gasteiger partial charge in [-0.25, -0.2) is 13.1 Å². The molecule has 1 atom stereocenters. The number of piperazine rings is 1. The standard InChI is InChI=1S/C15H23N3O3S/c1-3-22(20,21)17-10-13-4-6-14(7-5-13)15(19)18-9-8-16-12(2)11-18/h4-7,12,16-17H,3,8-11H2,1-2H3. The molecule has 0 aromatic heterocycles. The second-order valence-electron chi connectivity index (χ2n) is 5.53. The number of sulfonamides is 1. The summed E-state index contributed by atoms with van der Waals surface area (Å²) in [6.45, 7) is 6.12. The number of amides is 1. The first-order chi connectivity index (χ1) is 10.4. The van der Waals surface area contributed by atoms with Crippen molar-refractivity contribution < 1.29 is 13.2 Å². The third kappa shape index (κ3) is 4.53. The highest BCUT2D eigenvalue weighted by atomic mass is 32.2. The highest BCUT2D eigenvalue weighted by Crippen LogP contribution is 2.10. The monoisotopic (exact) mass is 325 g/mol. The van der Waals surface area contributed by atoms with Crippen molar-refractivity contribution in [1.29, 1.82) is 0 Å². The topological polar surface area (TPSA) is 78.5 Å². The predicted molar refractivity (Wildman–Crippen MR) is 86.1 cm³/mol. The molecule has 1 aliphatic heterocycles. The first kappa shape index (κ1) is 16.9. The zero-order valence-electron chi connectivity index (χ0n) is 13.0. The van der Waals surface area contributed by atoms with Crippen molar-refractivity contribution in [2.24, 2.45) is 0 Å². The number of carbonyl (C=O) groups is 1. The van der Waals surface area contributed by atoms with Crippen LogP contribution in [-0.2, 0) is 16.6 Å². The molecule has 1 saturated heterocycles. The van der Waals surface area contributed by atoms with E-state index in [1.54, 1.807) is 31.2 Å². The minimum atomic E-state index is -3.20. The van der Waals surface area contributed by atoms with Crippen molar-refractivity contribution in [2.75, 3.05) is 25.4 Å². The fourth-order valence-corrected chi connectivity index (χ4v) is 2.95. The number of carbonyl (C=O) groups excluding carboxylic acids is 1. The van der Waals surface area contributed by atoms with Crippen LogP contribution in [0.25, 0.3) is 0 Å². The minimum absolute atomic E-state index is 0.0223. The van der Waals surface area contributed by atoms with Crippen molar-refractivity contribution >= 4 is 15.9 Å². The number of hydrogen-bond acceptors (Lipinski definition) is 4. The van der Waals surface area contributed by atoms with E-state index in [0.717, 1.165) is 12.1 Å². The van der Waals surface area contributed by atoms with E-state index in [1.165, 1.54) is 0 Å². The molecular formula is C15H23N3O3S. The minimum Gasteiger partial charge on any atom is -0.336 e. The average molecular weight is 325 g/mol. The smallest absolute Gasteiger partial charge is 0.253 e. The molecule has 6 nitrogen and oxygen atoms in total. The molecular weight excluding hydrogens is 302 g/mol. The Hall–Kier alpha value is -1.44. The van der Waals surface area contributed by atoms with Crippen molar-refractivity contribution in [3.8, 4) is 0 Å².